The lowest BCUT2D eigenvalue weighted by Gasteiger charge is -2.26. The quantitative estimate of drug-likeness (QED) is 0.462. The Hall–Kier alpha value is -1.51. The van der Waals surface area contributed by atoms with Crippen molar-refractivity contribution in [3.8, 4) is 0 Å². The minimum absolute atomic E-state index is 0.101. The maximum absolute atomic E-state index is 12.0. The van der Waals surface area contributed by atoms with Crippen LogP contribution < -0.4 is 15.1 Å². The van der Waals surface area contributed by atoms with E-state index in [1.165, 1.54) is 15.9 Å². The number of quaternary nitrogens is 2. The number of nitro groups is 1. The van der Waals surface area contributed by atoms with Gasteiger partial charge in [-0.15, -0.1) is 0 Å². The molecule has 0 bridgehead atoms. The van der Waals surface area contributed by atoms with E-state index in [1.54, 1.807) is 12.1 Å². The van der Waals surface area contributed by atoms with Gasteiger partial charge in [0.05, 0.1) is 12.0 Å². The smallest absolute Gasteiger partial charge is 0.293 e. The van der Waals surface area contributed by atoms with E-state index in [9.17, 15) is 14.9 Å². The zero-order chi connectivity index (χ0) is 15.4. The molecule has 7 nitrogen and oxygen atoms in total. The molecule has 0 atom stereocenters. The van der Waals surface area contributed by atoms with Gasteiger partial charge < -0.3 is 15.1 Å². The molecular weight excluding hydrogens is 340 g/mol. The van der Waals surface area contributed by atoms with Crippen LogP contribution in [0.1, 0.15) is 0 Å². The van der Waals surface area contributed by atoms with Crippen molar-refractivity contribution in [1.29, 1.82) is 0 Å². The molecule has 0 radical (unpaired) electrons. The van der Waals surface area contributed by atoms with Gasteiger partial charge in [0.2, 0.25) is 0 Å². The van der Waals surface area contributed by atoms with Gasteiger partial charge in [-0.05, 0) is 12.1 Å². The highest BCUT2D eigenvalue weighted by atomic mass is 79.9. The fourth-order valence-electron chi connectivity index (χ4n) is 2.39. The van der Waals surface area contributed by atoms with Crippen molar-refractivity contribution in [3.63, 3.8) is 0 Å². The van der Waals surface area contributed by atoms with E-state index in [2.05, 4.69) is 28.3 Å². The summed E-state index contributed by atoms with van der Waals surface area (Å²) in [6.45, 7) is 4.33. The highest BCUT2D eigenvalue weighted by Gasteiger charge is 2.23. The van der Waals surface area contributed by atoms with Gasteiger partial charge in [-0.25, -0.2) is 0 Å². The van der Waals surface area contributed by atoms with Gasteiger partial charge in [-0.1, -0.05) is 15.9 Å². The van der Waals surface area contributed by atoms with Gasteiger partial charge in [0.15, 0.2) is 6.54 Å². The molecule has 21 heavy (non-hydrogen) atoms. The number of hydrogen-bond acceptors (Lipinski definition) is 3. The number of halogens is 1. The van der Waals surface area contributed by atoms with Crippen molar-refractivity contribution >= 4 is 33.2 Å². The van der Waals surface area contributed by atoms with Crippen LogP contribution in [0.15, 0.2) is 22.7 Å². The summed E-state index contributed by atoms with van der Waals surface area (Å²) in [5.41, 5.74) is 0.142. The molecule has 3 N–H and O–H groups in total. The van der Waals surface area contributed by atoms with Gasteiger partial charge in [0.1, 0.15) is 31.9 Å². The molecule has 0 aromatic heterocycles. The maximum atomic E-state index is 12.0. The summed E-state index contributed by atoms with van der Waals surface area (Å²) in [6, 6.07) is 4.61. The minimum atomic E-state index is -0.494. The highest BCUT2D eigenvalue weighted by molar-refractivity contribution is 9.10. The Balaban J connectivity index is 1.98. The van der Waals surface area contributed by atoms with Crippen LogP contribution in [0.2, 0.25) is 0 Å². The molecule has 1 amide bonds. The normalized spacial score (nSPS) is 21.8. The van der Waals surface area contributed by atoms with Crippen LogP contribution in [0.3, 0.4) is 0 Å². The summed E-state index contributed by atoms with van der Waals surface area (Å²) in [4.78, 5) is 25.3. The summed E-state index contributed by atoms with van der Waals surface area (Å²) in [5.74, 6) is -0.185. The van der Waals surface area contributed by atoms with Crippen LogP contribution in [0, 0.1) is 10.1 Å². The minimum Gasteiger partial charge on any atom is -0.328 e. The van der Waals surface area contributed by atoms with Crippen molar-refractivity contribution in [2.24, 2.45) is 0 Å². The molecule has 0 saturated carbocycles. The number of carbonyl (C=O) groups excluding carboxylic acids is 1. The third-order valence-electron chi connectivity index (χ3n) is 3.65. The number of amides is 1. The average Bonchev–Trinajstić information content (AvgIpc) is 2.43. The molecular formula is C13H19BrN4O3+2. The molecule has 1 aromatic carbocycles. The summed E-state index contributed by atoms with van der Waals surface area (Å²) in [5, 5.41) is 13.7. The lowest BCUT2D eigenvalue weighted by Crippen LogP contribution is -3.27. The molecule has 1 saturated heterocycles. The lowest BCUT2D eigenvalue weighted by molar-refractivity contribution is -0.999. The highest BCUT2D eigenvalue weighted by Crippen LogP contribution is 2.27. The average molecular weight is 359 g/mol. The second-order valence-electron chi connectivity index (χ2n) is 5.35. The summed E-state index contributed by atoms with van der Waals surface area (Å²) in [7, 11) is 2.14. The number of benzene rings is 1. The van der Waals surface area contributed by atoms with E-state index in [0.29, 0.717) is 11.0 Å². The topological polar surface area (TPSA) is 81.1 Å². The van der Waals surface area contributed by atoms with Crippen molar-refractivity contribution in [2.45, 2.75) is 0 Å². The Morgan fingerprint density at radius 3 is 2.67 bits per heavy atom. The number of nitrogens with zero attached hydrogens (tertiary/aromatic N) is 1. The largest absolute Gasteiger partial charge is 0.328 e. The molecule has 1 heterocycles. The van der Waals surface area contributed by atoms with Crippen LogP contribution in [0.4, 0.5) is 11.4 Å². The number of piperazine rings is 1. The van der Waals surface area contributed by atoms with E-state index in [0.717, 1.165) is 26.2 Å². The molecule has 114 valence electrons. The second kappa shape index (κ2) is 6.97. The van der Waals surface area contributed by atoms with Gasteiger partial charge in [-0.2, -0.15) is 0 Å². The number of carbonyl (C=O) groups is 1. The predicted octanol–water partition coefficient (Wildman–Crippen LogP) is -1.29. The molecule has 1 aliphatic heterocycles. The fraction of sp³-hybridized carbons (Fsp3) is 0.462. The van der Waals surface area contributed by atoms with E-state index in [1.807, 2.05) is 0 Å². The fourth-order valence-corrected chi connectivity index (χ4v) is 2.74. The molecule has 1 fully saturated rings. The van der Waals surface area contributed by atoms with Crippen LogP contribution in [-0.2, 0) is 4.79 Å². The first-order valence-corrected chi connectivity index (χ1v) is 7.63. The second-order valence-corrected chi connectivity index (χ2v) is 6.27. The van der Waals surface area contributed by atoms with Crippen molar-refractivity contribution < 1.29 is 19.5 Å². The molecule has 1 aliphatic rings. The predicted molar refractivity (Wildman–Crippen MR) is 81.6 cm³/mol. The number of nitrogens with one attached hydrogen (secondary N) is 3. The Labute approximate surface area is 131 Å². The monoisotopic (exact) mass is 358 g/mol. The molecule has 2 rings (SSSR count). The van der Waals surface area contributed by atoms with E-state index in [4.69, 9.17) is 0 Å². The number of rotatable bonds is 4. The first-order chi connectivity index (χ1) is 9.95. The van der Waals surface area contributed by atoms with E-state index in [-0.39, 0.29) is 17.3 Å². The molecule has 8 heteroatoms. The molecule has 0 aliphatic carbocycles. The number of likely N-dealkylation sites (N-methyl/N-ethyl adjacent to an activating group) is 1. The Bertz CT molecular complexity index is 544. The first kappa shape index (κ1) is 15.9. The van der Waals surface area contributed by atoms with Gasteiger partial charge in [0.25, 0.3) is 11.6 Å². The van der Waals surface area contributed by atoms with Crippen molar-refractivity contribution in [3.05, 3.63) is 32.8 Å². The van der Waals surface area contributed by atoms with Crippen LogP contribution in [0.5, 0.6) is 0 Å². The zero-order valence-electron chi connectivity index (χ0n) is 11.8. The van der Waals surface area contributed by atoms with Crippen molar-refractivity contribution in [1.82, 2.24) is 0 Å². The molecule has 0 spiro atoms. The maximum Gasteiger partial charge on any atom is 0.293 e. The third-order valence-corrected chi connectivity index (χ3v) is 4.15. The van der Waals surface area contributed by atoms with Crippen LogP contribution in [-0.4, -0.2) is 50.6 Å². The van der Waals surface area contributed by atoms with Crippen molar-refractivity contribution in [2.75, 3.05) is 45.1 Å². The molecule has 1 aromatic rings. The summed E-state index contributed by atoms with van der Waals surface area (Å²) >= 11 is 3.19. The number of nitro benzene ring substituents is 1. The third kappa shape index (κ3) is 4.48. The Morgan fingerprint density at radius 1 is 1.38 bits per heavy atom. The first-order valence-electron chi connectivity index (χ1n) is 6.84. The van der Waals surface area contributed by atoms with E-state index >= 15 is 0 Å². The summed E-state index contributed by atoms with van der Waals surface area (Å²) < 4.78 is 0.611. The molecule has 0 unspecified atom stereocenters. The number of anilines is 1. The van der Waals surface area contributed by atoms with E-state index < -0.39 is 4.92 Å². The Morgan fingerprint density at radius 2 is 2.05 bits per heavy atom. The summed E-state index contributed by atoms with van der Waals surface area (Å²) in [6.07, 6.45) is 0. The van der Waals surface area contributed by atoms with Gasteiger partial charge >= 0.3 is 0 Å². The standard InChI is InChI=1S/C13H17BrN4O3/c1-16-4-6-17(7-5-16)9-13(19)15-11-3-2-10(14)8-12(11)18(20)21/h2-3,8H,4-7,9H2,1H3,(H,15,19)/p+2. The Kier molecular flexibility index (Phi) is 5.27. The number of hydrogen-bond donors (Lipinski definition) is 3. The van der Waals surface area contributed by atoms with Crippen LogP contribution >= 0.6 is 15.9 Å². The SMILES string of the molecule is C[NH+]1CC[NH+](CC(=O)Nc2ccc(Br)cc2[N+](=O)[O-])CC1. The van der Waals surface area contributed by atoms with Gasteiger partial charge in [0, 0.05) is 10.5 Å². The zero-order valence-corrected chi connectivity index (χ0v) is 13.4. The van der Waals surface area contributed by atoms with Crippen LogP contribution in [0.25, 0.3) is 0 Å². The lowest BCUT2D eigenvalue weighted by atomic mass is 10.2. The van der Waals surface area contributed by atoms with Gasteiger partial charge in [-0.3, -0.25) is 14.9 Å².